The van der Waals surface area contributed by atoms with E-state index >= 15 is 0 Å². The fourth-order valence-electron chi connectivity index (χ4n) is 1.83. The normalized spacial score (nSPS) is 10.5. The van der Waals surface area contributed by atoms with E-state index in [4.69, 9.17) is 4.74 Å². The second kappa shape index (κ2) is 5.93. The average Bonchev–Trinajstić information content (AvgIpc) is 2.74. The highest BCUT2D eigenvalue weighted by Gasteiger charge is 2.12. The van der Waals surface area contributed by atoms with Crippen LogP contribution in [0.15, 0.2) is 35.4 Å². The number of rotatable bonds is 4. The van der Waals surface area contributed by atoms with E-state index in [0.717, 1.165) is 16.3 Å². The average molecular weight is 276 g/mol. The number of carbonyl (C=O) groups excluding carboxylic acids is 1. The molecule has 0 aliphatic heterocycles. The minimum atomic E-state index is -0.294. The van der Waals surface area contributed by atoms with Gasteiger partial charge in [0, 0.05) is 12.8 Å². The fraction of sp³-hybridized carbons (Fsp3) is 0.286. The monoisotopic (exact) mass is 276 g/mol. The van der Waals surface area contributed by atoms with Crippen LogP contribution >= 0.6 is 11.8 Å². The first kappa shape index (κ1) is 13.7. The fourth-order valence-corrected chi connectivity index (χ4v) is 2.87. The highest BCUT2D eigenvalue weighted by atomic mass is 32.2. The first-order valence-electron chi connectivity index (χ1n) is 5.91. The second-order valence-corrected chi connectivity index (χ2v) is 5.18. The van der Waals surface area contributed by atoms with Gasteiger partial charge in [-0.3, -0.25) is 4.68 Å². The van der Waals surface area contributed by atoms with E-state index in [1.54, 1.807) is 17.8 Å². The number of esters is 1. The van der Waals surface area contributed by atoms with Gasteiger partial charge in [-0.25, -0.2) is 4.79 Å². The third kappa shape index (κ3) is 3.17. The molecule has 0 N–H and O–H groups in total. The summed E-state index contributed by atoms with van der Waals surface area (Å²) < 4.78 is 6.64. The number of hydrogen-bond donors (Lipinski definition) is 0. The van der Waals surface area contributed by atoms with Crippen LogP contribution in [0.2, 0.25) is 0 Å². The van der Waals surface area contributed by atoms with E-state index in [0.29, 0.717) is 11.3 Å². The number of carbonyl (C=O) groups is 1. The van der Waals surface area contributed by atoms with E-state index < -0.39 is 0 Å². The van der Waals surface area contributed by atoms with Crippen LogP contribution in [-0.2, 0) is 17.5 Å². The summed E-state index contributed by atoms with van der Waals surface area (Å²) in [7, 11) is 3.32. The molecule has 2 aromatic rings. The molecule has 1 aromatic carbocycles. The minimum absolute atomic E-state index is 0.294. The van der Waals surface area contributed by atoms with E-state index in [1.807, 2.05) is 42.9 Å². The molecule has 19 heavy (non-hydrogen) atoms. The minimum Gasteiger partial charge on any atom is -0.465 e. The van der Waals surface area contributed by atoms with Gasteiger partial charge in [-0.2, -0.15) is 5.10 Å². The van der Waals surface area contributed by atoms with Crippen molar-refractivity contribution in [2.24, 2.45) is 7.05 Å². The van der Waals surface area contributed by atoms with Gasteiger partial charge >= 0.3 is 5.97 Å². The van der Waals surface area contributed by atoms with Gasteiger partial charge in [-0.1, -0.05) is 18.2 Å². The standard InChI is InChI=1S/C14H16N2O2S/c1-10-8-13(16(2)15-10)19-9-11-6-4-5-7-12(11)14(17)18-3/h4-8H,9H2,1-3H3. The van der Waals surface area contributed by atoms with Crippen molar-refractivity contribution in [1.82, 2.24) is 9.78 Å². The van der Waals surface area contributed by atoms with Crippen molar-refractivity contribution in [2.75, 3.05) is 7.11 Å². The molecule has 0 unspecified atom stereocenters. The Kier molecular flexibility index (Phi) is 4.27. The summed E-state index contributed by atoms with van der Waals surface area (Å²) in [6.07, 6.45) is 0. The van der Waals surface area contributed by atoms with Gasteiger partial charge in [0.1, 0.15) is 0 Å². The Labute approximate surface area is 116 Å². The van der Waals surface area contributed by atoms with Crippen molar-refractivity contribution in [3.05, 3.63) is 47.2 Å². The van der Waals surface area contributed by atoms with Gasteiger partial charge in [-0.05, 0) is 24.6 Å². The molecule has 0 aliphatic carbocycles. The zero-order valence-corrected chi connectivity index (χ0v) is 12.0. The third-order valence-corrected chi connectivity index (χ3v) is 3.89. The summed E-state index contributed by atoms with van der Waals surface area (Å²) in [5, 5.41) is 5.38. The summed E-state index contributed by atoms with van der Waals surface area (Å²) in [5.74, 6) is 0.418. The van der Waals surface area contributed by atoms with Crippen molar-refractivity contribution in [3.63, 3.8) is 0 Å². The quantitative estimate of drug-likeness (QED) is 0.636. The zero-order valence-electron chi connectivity index (χ0n) is 11.2. The number of aryl methyl sites for hydroxylation is 2. The van der Waals surface area contributed by atoms with Gasteiger partial charge in [0.2, 0.25) is 0 Å². The van der Waals surface area contributed by atoms with Gasteiger partial charge in [0.25, 0.3) is 0 Å². The summed E-state index contributed by atoms with van der Waals surface area (Å²) in [4.78, 5) is 11.7. The number of nitrogens with zero attached hydrogens (tertiary/aromatic N) is 2. The zero-order chi connectivity index (χ0) is 13.8. The van der Waals surface area contributed by atoms with Gasteiger partial charge in [0.15, 0.2) is 0 Å². The predicted molar refractivity (Wildman–Crippen MR) is 75.3 cm³/mol. The molecular formula is C14H16N2O2S. The highest BCUT2D eigenvalue weighted by Crippen LogP contribution is 2.25. The number of aromatic nitrogens is 2. The summed E-state index contributed by atoms with van der Waals surface area (Å²) in [5.41, 5.74) is 2.58. The van der Waals surface area contributed by atoms with Crippen molar-refractivity contribution >= 4 is 17.7 Å². The Morgan fingerprint density at radius 3 is 2.79 bits per heavy atom. The molecule has 0 aliphatic rings. The number of methoxy groups -OCH3 is 1. The maximum atomic E-state index is 11.7. The summed E-state index contributed by atoms with van der Waals surface area (Å²) >= 11 is 1.66. The van der Waals surface area contributed by atoms with Crippen LogP contribution in [0.1, 0.15) is 21.6 Å². The van der Waals surface area contributed by atoms with Crippen molar-refractivity contribution in [3.8, 4) is 0 Å². The van der Waals surface area contributed by atoms with E-state index in [9.17, 15) is 4.79 Å². The van der Waals surface area contributed by atoms with Crippen molar-refractivity contribution in [2.45, 2.75) is 17.7 Å². The molecule has 0 saturated heterocycles. The Balaban J connectivity index is 2.16. The Morgan fingerprint density at radius 2 is 2.16 bits per heavy atom. The van der Waals surface area contributed by atoms with Crippen LogP contribution in [0.4, 0.5) is 0 Å². The lowest BCUT2D eigenvalue weighted by Gasteiger charge is -2.07. The smallest absolute Gasteiger partial charge is 0.338 e. The highest BCUT2D eigenvalue weighted by molar-refractivity contribution is 7.98. The molecule has 4 nitrogen and oxygen atoms in total. The molecule has 0 atom stereocenters. The van der Waals surface area contributed by atoms with Crippen LogP contribution < -0.4 is 0 Å². The molecule has 0 spiro atoms. The van der Waals surface area contributed by atoms with Crippen molar-refractivity contribution in [1.29, 1.82) is 0 Å². The molecule has 5 heteroatoms. The Hall–Kier alpha value is -1.75. The van der Waals surface area contributed by atoms with Gasteiger partial charge in [0.05, 0.1) is 23.4 Å². The molecule has 1 heterocycles. The predicted octanol–water partition coefficient (Wildman–Crippen LogP) is 2.81. The first-order valence-corrected chi connectivity index (χ1v) is 6.90. The van der Waals surface area contributed by atoms with Gasteiger partial charge in [-0.15, -0.1) is 11.8 Å². The maximum absolute atomic E-state index is 11.7. The van der Waals surface area contributed by atoms with Crippen LogP contribution in [0.5, 0.6) is 0 Å². The molecule has 0 saturated carbocycles. The lowest BCUT2D eigenvalue weighted by Crippen LogP contribution is -2.05. The Morgan fingerprint density at radius 1 is 1.42 bits per heavy atom. The number of thioether (sulfide) groups is 1. The number of benzene rings is 1. The molecule has 100 valence electrons. The third-order valence-electron chi connectivity index (χ3n) is 2.76. The van der Waals surface area contributed by atoms with E-state index in [2.05, 4.69) is 5.10 Å². The molecule has 1 aromatic heterocycles. The lowest BCUT2D eigenvalue weighted by atomic mass is 10.1. The van der Waals surface area contributed by atoms with E-state index in [-0.39, 0.29) is 5.97 Å². The Bertz CT molecular complexity index is 593. The summed E-state index contributed by atoms with van der Waals surface area (Å²) in [6.45, 7) is 1.96. The first-order chi connectivity index (χ1) is 9.11. The van der Waals surface area contributed by atoms with Crippen molar-refractivity contribution < 1.29 is 9.53 Å². The molecule has 0 amide bonds. The molecule has 0 bridgehead atoms. The molecule has 0 fully saturated rings. The number of hydrogen-bond acceptors (Lipinski definition) is 4. The van der Waals surface area contributed by atoms with E-state index in [1.165, 1.54) is 7.11 Å². The molecule has 2 rings (SSSR count). The largest absolute Gasteiger partial charge is 0.465 e. The summed E-state index contributed by atoms with van der Waals surface area (Å²) in [6, 6.07) is 9.54. The van der Waals surface area contributed by atoms with Crippen LogP contribution in [0.25, 0.3) is 0 Å². The SMILES string of the molecule is COC(=O)c1ccccc1CSc1cc(C)nn1C. The van der Waals surface area contributed by atoms with Gasteiger partial charge < -0.3 is 4.74 Å². The topological polar surface area (TPSA) is 44.1 Å². The lowest BCUT2D eigenvalue weighted by molar-refractivity contribution is 0.0600. The molecule has 0 radical (unpaired) electrons. The second-order valence-electron chi connectivity index (χ2n) is 4.18. The maximum Gasteiger partial charge on any atom is 0.338 e. The number of ether oxygens (including phenoxy) is 1. The van der Waals surface area contributed by atoms with Crippen LogP contribution in [0, 0.1) is 6.92 Å². The van der Waals surface area contributed by atoms with Crippen LogP contribution in [-0.4, -0.2) is 22.9 Å². The van der Waals surface area contributed by atoms with Crippen LogP contribution in [0.3, 0.4) is 0 Å². The molecular weight excluding hydrogens is 260 g/mol.